The highest BCUT2D eigenvalue weighted by Crippen LogP contribution is 2.31. The van der Waals surface area contributed by atoms with E-state index in [1.807, 2.05) is 5.10 Å². The molecule has 0 fully saturated rings. The molecule has 1 N–H and O–H groups in total. The van der Waals surface area contributed by atoms with E-state index >= 15 is 0 Å². The molecule has 0 bridgehead atoms. The second kappa shape index (κ2) is 4.61. The summed E-state index contributed by atoms with van der Waals surface area (Å²) in [6.07, 6.45) is -4.57. The summed E-state index contributed by atoms with van der Waals surface area (Å²) in [7, 11) is 1.39. The number of halogens is 3. The molecule has 102 valence electrons. The number of aromatic amines is 1. The number of aromatic nitrogens is 4. The number of rotatable bonds is 2. The molecule has 0 atom stereocenters. The van der Waals surface area contributed by atoms with Gasteiger partial charge in [-0.15, -0.1) is 10.2 Å². The monoisotopic (exact) mass is 291 g/mol. The van der Waals surface area contributed by atoms with E-state index < -0.39 is 17.8 Å². The number of nitrogens with zero attached hydrogens (tertiary/aromatic N) is 4. The van der Waals surface area contributed by atoms with Crippen molar-refractivity contribution >= 4 is 22.4 Å². The lowest BCUT2D eigenvalue weighted by molar-refractivity contribution is -0.141. The standard InChI is InChI=1S/C9H8F3N5OS/c1-4-5(14-15-6(4)9(10,11)12)7(18)17(2)8-16-13-3-19-8/h3H,1-2H3,(H,14,15). The lowest BCUT2D eigenvalue weighted by atomic mass is 10.2. The molecule has 0 aliphatic rings. The number of carbonyl (C=O) groups is 1. The van der Waals surface area contributed by atoms with Crippen molar-refractivity contribution in [2.24, 2.45) is 0 Å². The van der Waals surface area contributed by atoms with Gasteiger partial charge in [0.15, 0.2) is 5.69 Å². The van der Waals surface area contributed by atoms with Crippen LogP contribution in [-0.4, -0.2) is 33.3 Å². The smallest absolute Gasteiger partial charge is 0.284 e. The third-order valence-corrected chi connectivity index (χ3v) is 3.20. The quantitative estimate of drug-likeness (QED) is 0.916. The van der Waals surface area contributed by atoms with Gasteiger partial charge in [-0.25, -0.2) is 0 Å². The van der Waals surface area contributed by atoms with Crippen LogP contribution in [0.2, 0.25) is 0 Å². The van der Waals surface area contributed by atoms with E-state index in [0.29, 0.717) is 0 Å². The summed E-state index contributed by atoms with van der Waals surface area (Å²) in [5.41, 5.74) is -0.141. The molecule has 0 saturated heterocycles. The molecule has 2 aromatic rings. The number of hydrogen-bond donors (Lipinski definition) is 1. The number of amides is 1. The van der Waals surface area contributed by atoms with Crippen molar-refractivity contribution in [3.05, 3.63) is 22.5 Å². The van der Waals surface area contributed by atoms with Gasteiger partial charge >= 0.3 is 6.18 Å². The van der Waals surface area contributed by atoms with Crippen LogP contribution in [0.1, 0.15) is 21.7 Å². The molecule has 0 spiro atoms. The average Bonchev–Trinajstić information content (AvgIpc) is 2.94. The van der Waals surface area contributed by atoms with Gasteiger partial charge in [0.1, 0.15) is 11.2 Å². The van der Waals surface area contributed by atoms with Crippen molar-refractivity contribution in [3.8, 4) is 0 Å². The summed E-state index contributed by atoms with van der Waals surface area (Å²) in [5.74, 6) is -0.680. The molecular weight excluding hydrogens is 283 g/mol. The van der Waals surface area contributed by atoms with Gasteiger partial charge in [0, 0.05) is 12.6 Å². The first-order valence-corrected chi connectivity index (χ1v) is 5.86. The fourth-order valence-electron chi connectivity index (χ4n) is 1.44. The Morgan fingerprint density at radius 2 is 2.16 bits per heavy atom. The van der Waals surface area contributed by atoms with Gasteiger partial charge in [-0.3, -0.25) is 14.8 Å². The Balaban J connectivity index is 2.33. The van der Waals surface area contributed by atoms with Crippen molar-refractivity contribution in [2.45, 2.75) is 13.1 Å². The van der Waals surface area contributed by atoms with Crippen LogP contribution in [0, 0.1) is 6.92 Å². The van der Waals surface area contributed by atoms with E-state index in [9.17, 15) is 18.0 Å². The van der Waals surface area contributed by atoms with Gasteiger partial charge in [0.05, 0.1) is 0 Å². The van der Waals surface area contributed by atoms with Gasteiger partial charge in [0.25, 0.3) is 5.91 Å². The molecule has 2 heterocycles. The molecule has 0 aliphatic heterocycles. The lowest BCUT2D eigenvalue weighted by Crippen LogP contribution is -2.27. The molecule has 10 heteroatoms. The minimum atomic E-state index is -4.57. The number of nitrogens with one attached hydrogen (secondary N) is 1. The van der Waals surface area contributed by atoms with Crippen molar-refractivity contribution in [2.75, 3.05) is 11.9 Å². The Hall–Kier alpha value is -1.97. The normalized spacial score (nSPS) is 11.6. The predicted octanol–water partition coefficient (Wildman–Crippen LogP) is 1.87. The highest BCUT2D eigenvalue weighted by Gasteiger charge is 2.37. The van der Waals surface area contributed by atoms with E-state index in [1.165, 1.54) is 19.5 Å². The van der Waals surface area contributed by atoms with Crippen LogP contribution in [0.3, 0.4) is 0 Å². The summed E-state index contributed by atoms with van der Waals surface area (Å²) in [6.45, 7) is 1.19. The van der Waals surface area contributed by atoms with Crippen LogP contribution in [0.4, 0.5) is 18.3 Å². The molecule has 6 nitrogen and oxygen atoms in total. The van der Waals surface area contributed by atoms with E-state index in [-0.39, 0.29) is 16.4 Å². The largest absolute Gasteiger partial charge is 0.433 e. The fraction of sp³-hybridized carbons (Fsp3) is 0.333. The van der Waals surface area contributed by atoms with Crippen molar-refractivity contribution in [1.29, 1.82) is 0 Å². The molecular formula is C9H8F3N5OS. The molecule has 19 heavy (non-hydrogen) atoms. The van der Waals surface area contributed by atoms with Crippen molar-refractivity contribution in [3.63, 3.8) is 0 Å². The topological polar surface area (TPSA) is 74.8 Å². The Bertz CT molecular complexity index is 592. The third kappa shape index (κ3) is 2.43. The molecule has 0 radical (unpaired) electrons. The number of H-pyrrole nitrogens is 1. The highest BCUT2D eigenvalue weighted by atomic mass is 32.1. The Labute approximate surface area is 109 Å². The van der Waals surface area contributed by atoms with Crippen molar-refractivity contribution < 1.29 is 18.0 Å². The molecule has 0 unspecified atom stereocenters. The van der Waals surface area contributed by atoms with Crippen molar-refractivity contribution in [1.82, 2.24) is 20.4 Å². The first kappa shape index (κ1) is 13.5. The Kier molecular flexibility index (Phi) is 3.27. The lowest BCUT2D eigenvalue weighted by Gasteiger charge is -2.11. The zero-order valence-electron chi connectivity index (χ0n) is 9.82. The SMILES string of the molecule is Cc1c(C(=O)N(C)c2nncs2)n[nH]c1C(F)(F)F. The minimum absolute atomic E-state index is 0.242. The second-order valence-electron chi connectivity index (χ2n) is 3.66. The van der Waals surface area contributed by atoms with Gasteiger partial charge in [-0.1, -0.05) is 11.3 Å². The number of anilines is 1. The molecule has 0 saturated carbocycles. The minimum Gasteiger partial charge on any atom is -0.284 e. The van der Waals surface area contributed by atoms with E-state index in [4.69, 9.17) is 0 Å². The average molecular weight is 291 g/mol. The molecule has 0 aromatic carbocycles. The van der Waals surface area contributed by atoms with Gasteiger partial charge in [-0.05, 0) is 6.92 Å². The predicted molar refractivity (Wildman–Crippen MR) is 61.0 cm³/mol. The second-order valence-corrected chi connectivity index (χ2v) is 4.47. The summed E-state index contributed by atoms with van der Waals surface area (Å²) in [5, 5.41) is 12.8. The third-order valence-electron chi connectivity index (χ3n) is 2.44. The van der Waals surface area contributed by atoms with Crippen LogP contribution in [0.15, 0.2) is 5.51 Å². The summed E-state index contributed by atoms with van der Waals surface area (Å²) in [4.78, 5) is 13.1. The van der Waals surface area contributed by atoms with Gasteiger partial charge in [0.2, 0.25) is 5.13 Å². The Morgan fingerprint density at radius 1 is 1.47 bits per heavy atom. The fourth-order valence-corrected chi connectivity index (χ4v) is 1.97. The van der Waals surface area contributed by atoms with E-state index in [0.717, 1.165) is 16.2 Å². The Morgan fingerprint density at radius 3 is 2.63 bits per heavy atom. The zero-order chi connectivity index (χ0) is 14.2. The van der Waals surface area contributed by atoms with E-state index in [1.54, 1.807) is 0 Å². The summed E-state index contributed by atoms with van der Waals surface area (Å²) >= 11 is 1.09. The van der Waals surface area contributed by atoms with Crippen LogP contribution in [-0.2, 0) is 6.18 Å². The first-order chi connectivity index (χ1) is 8.82. The first-order valence-electron chi connectivity index (χ1n) is 4.98. The summed E-state index contributed by atoms with van der Waals surface area (Å²) < 4.78 is 37.8. The maximum Gasteiger partial charge on any atom is 0.433 e. The van der Waals surface area contributed by atoms with Crippen LogP contribution in [0.5, 0.6) is 0 Å². The number of hydrogen-bond acceptors (Lipinski definition) is 5. The molecule has 2 aromatic heterocycles. The van der Waals surface area contributed by atoms with Crippen LogP contribution >= 0.6 is 11.3 Å². The van der Waals surface area contributed by atoms with Gasteiger partial charge < -0.3 is 0 Å². The molecule has 0 aliphatic carbocycles. The highest BCUT2D eigenvalue weighted by molar-refractivity contribution is 7.13. The number of alkyl halides is 3. The maximum absolute atomic E-state index is 12.6. The number of carbonyl (C=O) groups excluding carboxylic acids is 1. The summed E-state index contributed by atoms with van der Waals surface area (Å²) in [6, 6.07) is 0. The zero-order valence-corrected chi connectivity index (χ0v) is 10.6. The maximum atomic E-state index is 12.6. The van der Waals surface area contributed by atoms with Crippen LogP contribution in [0.25, 0.3) is 0 Å². The van der Waals surface area contributed by atoms with Gasteiger partial charge in [-0.2, -0.15) is 18.3 Å². The van der Waals surface area contributed by atoms with Crippen LogP contribution < -0.4 is 4.90 Å². The van der Waals surface area contributed by atoms with E-state index in [2.05, 4.69) is 15.3 Å². The molecule has 2 rings (SSSR count). The molecule has 1 amide bonds.